The molecule has 16 heavy (non-hydrogen) atoms. The molecule has 1 aliphatic carbocycles. The van der Waals surface area contributed by atoms with E-state index in [2.05, 4.69) is 38.4 Å². The second-order valence-electron chi connectivity index (χ2n) is 5.29. The molecule has 0 amide bonds. The third-order valence-electron chi connectivity index (χ3n) is 3.61. The van der Waals surface area contributed by atoms with Crippen LogP contribution in [-0.2, 0) is 0 Å². The first-order valence-electron chi connectivity index (χ1n) is 6.29. The van der Waals surface area contributed by atoms with Crippen molar-refractivity contribution in [2.45, 2.75) is 46.5 Å². The fourth-order valence-electron chi connectivity index (χ4n) is 2.68. The highest BCUT2D eigenvalue weighted by molar-refractivity contribution is 5.93. The van der Waals surface area contributed by atoms with Crippen molar-refractivity contribution in [2.75, 3.05) is 7.05 Å². The third kappa shape index (κ3) is 3.96. The van der Waals surface area contributed by atoms with Crippen molar-refractivity contribution in [3.8, 4) is 0 Å². The van der Waals surface area contributed by atoms with E-state index in [1.165, 1.54) is 36.8 Å². The minimum absolute atomic E-state index is 0.779. The summed E-state index contributed by atoms with van der Waals surface area (Å²) in [6.07, 6.45) is 7.51. The number of rotatable bonds is 4. The van der Waals surface area contributed by atoms with Gasteiger partial charge in [-0.15, -0.1) is 6.58 Å². The van der Waals surface area contributed by atoms with Crippen LogP contribution in [0.4, 0.5) is 0 Å². The molecule has 1 saturated carbocycles. The van der Waals surface area contributed by atoms with Gasteiger partial charge in [-0.3, -0.25) is 4.99 Å². The van der Waals surface area contributed by atoms with Crippen LogP contribution < -0.4 is 0 Å². The monoisotopic (exact) mass is 219 g/mol. The highest BCUT2D eigenvalue weighted by Crippen LogP contribution is 2.38. The molecule has 1 fully saturated rings. The maximum Gasteiger partial charge on any atom is 0.0313 e. The second kappa shape index (κ2) is 6.03. The average molecular weight is 219 g/mol. The van der Waals surface area contributed by atoms with Crippen LogP contribution in [0.3, 0.4) is 0 Å². The first-order chi connectivity index (χ1) is 7.52. The van der Waals surface area contributed by atoms with Crippen LogP contribution in [0.2, 0.25) is 0 Å². The Morgan fingerprint density at radius 3 is 2.56 bits per heavy atom. The van der Waals surface area contributed by atoms with Gasteiger partial charge in [0.1, 0.15) is 0 Å². The Morgan fingerprint density at radius 2 is 2.00 bits per heavy atom. The summed E-state index contributed by atoms with van der Waals surface area (Å²) in [5.74, 6) is 1.64. The molecule has 0 aromatic carbocycles. The molecule has 0 bridgehead atoms. The quantitative estimate of drug-likeness (QED) is 0.490. The van der Waals surface area contributed by atoms with Gasteiger partial charge in [0.05, 0.1) is 0 Å². The second-order valence-corrected chi connectivity index (χ2v) is 5.29. The molecule has 2 unspecified atom stereocenters. The van der Waals surface area contributed by atoms with Crippen LogP contribution in [0.25, 0.3) is 0 Å². The Bertz CT molecular complexity index is 309. The van der Waals surface area contributed by atoms with E-state index in [0.717, 1.165) is 17.5 Å². The zero-order valence-corrected chi connectivity index (χ0v) is 11.2. The summed E-state index contributed by atoms with van der Waals surface area (Å²) in [7, 11) is 1.86. The average Bonchev–Trinajstić information content (AvgIpc) is 2.65. The molecule has 0 aliphatic heterocycles. The van der Waals surface area contributed by atoms with Crippen molar-refractivity contribution in [1.82, 2.24) is 0 Å². The van der Waals surface area contributed by atoms with E-state index < -0.39 is 0 Å². The van der Waals surface area contributed by atoms with Crippen molar-refractivity contribution in [3.05, 3.63) is 23.8 Å². The number of aliphatic imine (C=N–C) groups is 1. The van der Waals surface area contributed by atoms with Crippen molar-refractivity contribution in [1.29, 1.82) is 0 Å². The number of nitrogens with zero attached hydrogens (tertiary/aromatic N) is 1. The standard InChI is InChI=1S/C15H25N/c1-11(2)8-14-6-7-15(10-14)12(3)9-13(4)16-5/h9,14-15H,1,6-8,10H2,2-5H3/b12-9+,16-13-. The van der Waals surface area contributed by atoms with Gasteiger partial charge < -0.3 is 0 Å². The number of hydrogen-bond acceptors (Lipinski definition) is 1. The highest BCUT2D eigenvalue weighted by atomic mass is 14.7. The first kappa shape index (κ1) is 13.2. The zero-order valence-electron chi connectivity index (χ0n) is 11.2. The summed E-state index contributed by atoms with van der Waals surface area (Å²) in [5.41, 5.74) is 3.98. The molecule has 90 valence electrons. The van der Waals surface area contributed by atoms with Gasteiger partial charge in [-0.25, -0.2) is 0 Å². The fraction of sp³-hybridized carbons (Fsp3) is 0.667. The van der Waals surface area contributed by atoms with Crippen molar-refractivity contribution in [3.63, 3.8) is 0 Å². The van der Waals surface area contributed by atoms with Gasteiger partial charge in [0.2, 0.25) is 0 Å². The molecule has 0 radical (unpaired) electrons. The molecule has 0 aromatic rings. The van der Waals surface area contributed by atoms with Gasteiger partial charge in [0.15, 0.2) is 0 Å². The topological polar surface area (TPSA) is 12.4 Å². The normalized spacial score (nSPS) is 27.2. The lowest BCUT2D eigenvalue weighted by Gasteiger charge is -2.12. The minimum atomic E-state index is 0.779. The molecule has 1 aliphatic rings. The van der Waals surface area contributed by atoms with E-state index in [-0.39, 0.29) is 0 Å². The Labute approximate surface area is 100 Å². The SMILES string of the molecule is C=C(C)CC1CCC(/C(C)=C/C(C)=N\C)C1. The zero-order chi connectivity index (χ0) is 12.1. The van der Waals surface area contributed by atoms with Gasteiger partial charge in [-0.05, 0) is 64.4 Å². The summed E-state index contributed by atoms with van der Waals surface area (Å²) in [5, 5.41) is 0. The summed E-state index contributed by atoms with van der Waals surface area (Å²) < 4.78 is 0. The Morgan fingerprint density at radius 1 is 1.31 bits per heavy atom. The Hall–Kier alpha value is -0.850. The van der Waals surface area contributed by atoms with Gasteiger partial charge in [0.25, 0.3) is 0 Å². The Kier molecular flexibility index (Phi) is 4.98. The lowest BCUT2D eigenvalue weighted by Crippen LogP contribution is -2.00. The van der Waals surface area contributed by atoms with Crippen LogP contribution in [0.15, 0.2) is 28.8 Å². The molecule has 0 N–H and O–H groups in total. The Balaban J connectivity index is 2.52. The molecule has 1 heteroatoms. The van der Waals surface area contributed by atoms with Crippen LogP contribution in [-0.4, -0.2) is 12.8 Å². The minimum Gasteiger partial charge on any atom is -0.293 e. The highest BCUT2D eigenvalue weighted by Gasteiger charge is 2.25. The number of hydrogen-bond donors (Lipinski definition) is 0. The molecule has 0 spiro atoms. The molecule has 0 heterocycles. The van der Waals surface area contributed by atoms with E-state index >= 15 is 0 Å². The van der Waals surface area contributed by atoms with Gasteiger partial charge >= 0.3 is 0 Å². The van der Waals surface area contributed by atoms with E-state index in [1.807, 2.05) is 7.05 Å². The smallest absolute Gasteiger partial charge is 0.0313 e. The van der Waals surface area contributed by atoms with Crippen LogP contribution in [0, 0.1) is 11.8 Å². The van der Waals surface area contributed by atoms with Crippen molar-refractivity contribution < 1.29 is 0 Å². The van der Waals surface area contributed by atoms with Crippen molar-refractivity contribution >= 4 is 5.71 Å². The summed E-state index contributed by atoms with van der Waals surface area (Å²) in [6.45, 7) is 10.5. The van der Waals surface area contributed by atoms with Gasteiger partial charge in [-0.2, -0.15) is 0 Å². The van der Waals surface area contributed by atoms with E-state index in [0.29, 0.717) is 0 Å². The van der Waals surface area contributed by atoms with Crippen LogP contribution in [0.5, 0.6) is 0 Å². The molecule has 0 saturated heterocycles. The van der Waals surface area contributed by atoms with Crippen LogP contribution >= 0.6 is 0 Å². The van der Waals surface area contributed by atoms with Crippen molar-refractivity contribution in [2.24, 2.45) is 16.8 Å². The van der Waals surface area contributed by atoms with Gasteiger partial charge in [0, 0.05) is 12.8 Å². The summed E-state index contributed by atoms with van der Waals surface area (Å²) >= 11 is 0. The molecule has 2 atom stereocenters. The molecular weight excluding hydrogens is 194 g/mol. The number of allylic oxidation sites excluding steroid dienone is 3. The predicted octanol–water partition coefficient (Wildman–Crippen LogP) is 4.41. The lowest BCUT2D eigenvalue weighted by atomic mass is 9.94. The summed E-state index contributed by atoms with van der Waals surface area (Å²) in [4.78, 5) is 4.19. The maximum atomic E-state index is 4.19. The lowest BCUT2D eigenvalue weighted by molar-refractivity contribution is 0.521. The molecule has 1 rings (SSSR count). The van der Waals surface area contributed by atoms with Gasteiger partial charge in [-0.1, -0.05) is 11.1 Å². The molecule has 1 nitrogen and oxygen atoms in total. The van der Waals surface area contributed by atoms with E-state index in [9.17, 15) is 0 Å². The molecule has 0 aromatic heterocycles. The van der Waals surface area contributed by atoms with Crippen LogP contribution in [0.1, 0.15) is 46.5 Å². The van der Waals surface area contributed by atoms with E-state index in [4.69, 9.17) is 0 Å². The maximum absolute atomic E-state index is 4.19. The molecular formula is C15H25N. The third-order valence-corrected chi connectivity index (χ3v) is 3.61. The fourth-order valence-corrected chi connectivity index (χ4v) is 2.68. The first-order valence-corrected chi connectivity index (χ1v) is 6.29. The largest absolute Gasteiger partial charge is 0.293 e. The predicted molar refractivity (Wildman–Crippen MR) is 73.1 cm³/mol. The summed E-state index contributed by atoms with van der Waals surface area (Å²) in [6, 6.07) is 0. The van der Waals surface area contributed by atoms with E-state index in [1.54, 1.807) is 0 Å².